The van der Waals surface area contributed by atoms with Crippen molar-refractivity contribution in [3.8, 4) is 0 Å². The summed E-state index contributed by atoms with van der Waals surface area (Å²) in [6.07, 6.45) is 0.839. The molecule has 19 heavy (non-hydrogen) atoms. The van der Waals surface area contributed by atoms with Crippen LogP contribution in [0, 0.1) is 6.92 Å². The van der Waals surface area contributed by atoms with Crippen LogP contribution in [0.4, 0.5) is 0 Å². The molecule has 0 aliphatic carbocycles. The van der Waals surface area contributed by atoms with E-state index in [0.717, 1.165) is 6.42 Å². The van der Waals surface area contributed by atoms with Crippen LogP contribution in [-0.2, 0) is 6.42 Å². The van der Waals surface area contributed by atoms with E-state index in [1.165, 1.54) is 11.1 Å². The van der Waals surface area contributed by atoms with Gasteiger partial charge in [-0.25, -0.2) is 0 Å². The minimum absolute atomic E-state index is 0.0646. The van der Waals surface area contributed by atoms with E-state index >= 15 is 0 Å². The molecule has 0 saturated heterocycles. The zero-order valence-electron chi connectivity index (χ0n) is 10.8. The van der Waals surface area contributed by atoms with Crippen LogP contribution in [0.2, 0.25) is 5.02 Å². The molecule has 1 amide bonds. The highest BCUT2D eigenvalue weighted by Gasteiger charge is 2.04. The Bertz CT molecular complexity index is 563. The summed E-state index contributed by atoms with van der Waals surface area (Å²) in [5, 5.41) is 3.55. The van der Waals surface area contributed by atoms with Crippen molar-refractivity contribution in [3.63, 3.8) is 0 Å². The molecule has 2 rings (SSSR count). The topological polar surface area (TPSA) is 29.1 Å². The zero-order valence-corrected chi connectivity index (χ0v) is 11.6. The SMILES string of the molecule is Cc1ccccc1CCNC(=O)c1ccc(Cl)cc1. The number of benzene rings is 2. The molecule has 0 atom stereocenters. The summed E-state index contributed by atoms with van der Waals surface area (Å²) in [6, 6.07) is 15.1. The third kappa shape index (κ3) is 3.83. The van der Waals surface area contributed by atoms with E-state index in [1.807, 2.05) is 12.1 Å². The molecule has 0 bridgehead atoms. The van der Waals surface area contributed by atoms with Gasteiger partial charge in [-0.3, -0.25) is 4.79 Å². The van der Waals surface area contributed by atoms with Crippen LogP contribution in [0.3, 0.4) is 0 Å². The van der Waals surface area contributed by atoms with Crippen molar-refractivity contribution in [2.24, 2.45) is 0 Å². The molecule has 0 spiro atoms. The van der Waals surface area contributed by atoms with Gasteiger partial charge in [-0.2, -0.15) is 0 Å². The second-order valence-corrected chi connectivity index (χ2v) is 4.88. The average Bonchev–Trinajstić information content (AvgIpc) is 2.41. The van der Waals surface area contributed by atoms with E-state index in [4.69, 9.17) is 11.6 Å². The first-order valence-corrected chi connectivity index (χ1v) is 6.63. The zero-order chi connectivity index (χ0) is 13.7. The van der Waals surface area contributed by atoms with Gasteiger partial charge in [0, 0.05) is 17.1 Å². The van der Waals surface area contributed by atoms with Crippen LogP contribution >= 0.6 is 11.6 Å². The third-order valence-corrected chi connectivity index (χ3v) is 3.30. The molecule has 2 nitrogen and oxygen atoms in total. The van der Waals surface area contributed by atoms with Crippen molar-refractivity contribution in [3.05, 3.63) is 70.2 Å². The summed E-state index contributed by atoms with van der Waals surface area (Å²) in [4.78, 5) is 11.9. The van der Waals surface area contributed by atoms with Crippen LogP contribution in [0.15, 0.2) is 48.5 Å². The van der Waals surface area contributed by atoms with Gasteiger partial charge in [0.05, 0.1) is 0 Å². The van der Waals surface area contributed by atoms with Crippen molar-refractivity contribution < 1.29 is 4.79 Å². The molecule has 0 unspecified atom stereocenters. The second-order valence-electron chi connectivity index (χ2n) is 4.44. The predicted octanol–water partition coefficient (Wildman–Crippen LogP) is 3.62. The maximum atomic E-state index is 11.9. The van der Waals surface area contributed by atoms with Gasteiger partial charge in [0.15, 0.2) is 0 Å². The van der Waals surface area contributed by atoms with Gasteiger partial charge in [-0.05, 0) is 48.7 Å². The van der Waals surface area contributed by atoms with Crippen molar-refractivity contribution in [1.29, 1.82) is 0 Å². The maximum Gasteiger partial charge on any atom is 0.251 e. The fourth-order valence-electron chi connectivity index (χ4n) is 1.90. The Morgan fingerprint density at radius 1 is 1.11 bits per heavy atom. The normalized spacial score (nSPS) is 10.2. The standard InChI is InChI=1S/C16H16ClNO/c1-12-4-2-3-5-13(12)10-11-18-16(19)14-6-8-15(17)9-7-14/h2-9H,10-11H2,1H3,(H,18,19). The molecule has 0 fully saturated rings. The van der Waals surface area contributed by atoms with E-state index < -0.39 is 0 Å². The van der Waals surface area contributed by atoms with Gasteiger partial charge in [-0.15, -0.1) is 0 Å². The summed E-state index contributed by atoms with van der Waals surface area (Å²) in [6.45, 7) is 2.71. The summed E-state index contributed by atoms with van der Waals surface area (Å²) in [5.41, 5.74) is 3.15. The molecule has 98 valence electrons. The van der Waals surface area contributed by atoms with E-state index in [0.29, 0.717) is 17.1 Å². The molecule has 0 heterocycles. The lowest BCUT2D eigenvalue weighted by atomic mass is 10.1. The number of halogens is 1. The minimum atomic E-state index is -0.0646. The van der Waals surface area contributed by atoms with Crippen LogP contribution in [0.5, 0.6) is 0 Å². The number of carbonyl (C=O) groups is 1. The molecular formula is C16H16ClNO. The van der Waals surface area contributed by atoms with Gasteiger partial charge in [0.1, 0.15) is 0 Å². The molecule has 0 radical (unpaired) electrons. The highest BCUT2D eigenvalue weighted by Crippen LogP contribution is 2.10. The van der Waals surface area contributed by atoms with Crippen molar-refractivity contribution in [2.45, 2.75) is 13.3 Å². The Hall–Kier alpha value is -1.80. The summed E-state index contributed by atoms with van der Waals surface area (Å²) < 4.78 is 0. The molecule has 0 saturated carbocycles. The first-order chi connectivity index (χ1) is 9.16. The molecular weight excluding hydrogens is 258 g/mol. The Balaban J connectivity index is 1.88. The summed E-state index contributed by atoms with van der Waals surface area (Å²) in [7, 11) is 0. The maximum absolute atomic E-state index is 11.9. The lowest BCUT2D eigenvalue weighted by molar-refractivity contribution is 0.0954. The van der Waals surface area contributed by atoms with Crippen molar-refractivity contribution in [2.75, 3.05) is 6.54 Å². The van der Waals surface area contributed by atoms with Crippen molar-refractivity contribution >= 4 is 17.5 Å². The summed E-state index contributed by atoms with van der Waals surface area (Å²) in [5.74, 6) is -0.0646. The minimum Gasteiger partial charge on any atom is -0.352 e. The lowest BCUT2D eigenvalue weighted by Crippen LogP contribution is -2.25. The number of rotatable bonds is 4. The van der Waals surface area contributed by atoms with Gasteiger partial charge in [-0.1, -0.05) is 35.9 Å². The van der Waals surface area contributed by atoms with E-state index in [-0.39, 0.29) is 5.91 Å². The highest BCUT2D eigenvalue weighted by atomic mass is 35.5. The third-order valence-electron chi connectivity index (χ3n) is 3.05. The van der Waals surface area contributed by atoms with Crippen LogP contribution in [0.25, 0.3) is 0 Å². The van der Waals surface area contributed by atoms with E-state index in [9.17, 15) is 4.79 Å². The smallest absolute Gasteiger partial charge is 0.251 e. The van der Waals surface area contributed by atoms with Gasteiger partial charge >= 0.3 is 0 Å². The fourth-order valence-corrected chi connectivity index (χ4v) is 2.03. The Morgan fingerprint density at radius 2 is 1.79 bits per heavy atom. The summed E-state index contributed by atoms with van der Waals surface area (Å²) >= 11 is 5.79. The molecule has 2 aromatic rings. The number of hydrogen-bond donors (Lipinski definition) is 1. The molecule has 1 N–H and O–H groups in total. The number of aryl methyl sites for hydroxylation is 1. The van der Waals surface area contributed by atoms with Gasteiger partial charge in [0.25, 0.3) is 5.91 Å². The fraction of sp³-hybridized carbons (Fsp3) is 0.188. The number of hydrogen-bond acceptors (Lipinski definition) is 1. The monoisotopic (exact) mass is 273 g/mol. The highest BCUT2D eigenvalue weighted by molar-refractivity contribution is 6.30. The van der Waals surface area contributed by atoms with Crippen LogP contribution in [-0.4, -0.2) is 12.5 Å². The number of carbonyl (C=O) groups excluding carboxylic acids is 1. The molecule has 0 aliphatic heterocycles. The molecule has 3 heteroatoms. The van der Waals surface area contributed by atoms with Crippen LogP contribution < -0.4 is 5.32 Å². The number of nitrogens with one attached hydrogen (secondary N) is 1. The molecule has 0 aliphatic rings. The Labute approximate surface area is 118 Å². The first-order valence-electron chi connectivity index (χ1n) is 6.25. The largest absolute Gasteiger partial charge is 0.352 e. The van der Waals surface area contributed by atoms with Gasteiger partial charge < -0.3 is 5.32 Å². The second kappa shape index (κ2) is 6.39. The van der Waals surface area contributed by atoms with Crippen LogP contribution in [0.1, 0.15) is 21.5 Å². The predicted molar refractivity (Wildman–Crippen MR) is 78.7 cm³/mol. The number of amides is 1. The lowest BCUT2D eigenvalue weighted by Gasteiger charge is -2.07. The molecule has 0 aromatic heterocycles. The molecule has 2 aromatic carbocycles. The van der Waals surface area contributed by atoms with Crippen molar-refractivity contribution in [1.82, 2.24) is 5.32 Å². The average molecular weight is 274 g/mol. The quantitative estimate of drug-likeness (QED) is 0.906. The van der Waals surface area contributed by atoms with E-state index in [1.54, 1.807) is 24.3 Å². The Kier molecular flexibility index (Phi) is 4.58. The Morgan fingerprint density at radius 3 is 2.47 bits per heavy atom. The first kappa shape index (κ1) is 13.6. The van der Waals surface area contributed by atoms with E-state index in [2.05, 4.69) is 24.4 Å². The van der Waals surface area contributed by atoms with Gasteiger partial charge in [0.2, 0.25) is 0 Å².